The molecule has 1 amide bonds. The van der Waals surface area contributed by atoms with Crippen molar-refractivity contribution in [3.63, 3.8) is 0 Å². The molecule has 5 nitrogen and oxygen atoms in total. The van der Waals surface area contributed by atoms with E-state index in [4.69, 9.17) is 0 Å². The third-order valence-electron chi connectivity index (χ3n) is 5.24. The van der Waals surface area contributed by atoms with E-state index in [2.05, 4.69) is 28.6 Å². The summed E-state index contributed by atoms with van der Waals surface area (Å²) in [6.07, 6.45) is 9.50. The van der Waals surface area contributed by atoms with E-state index in [0.29, 0.717) is 31.0 Å². The number of amides is 1. The van der Waals surface area contributed by atoms with Crippen molar-refractivity contribution in [1.29, 1.82) is 0 Å². The van der Waals surface area contributed by atoms with Gasteiger partial charge in [-0.3, -0.25) is 4.79 Å². The summed E-state index contributed by atoms with van der Waals surface area (Å²) >= 11 is 0. The zero-order valence-corrected chi connectivity index (χ0v) is 16.0. The maximum atomic E-state index is 12.2. The number of nitrogens with one attached hydrogen (secondary N) is 2. The molecule has 2 saturated heterocycles. The van der Waals surface area contributed by atoms with Crippen molar-refractivity contribution in [3.05, 3.63) is 35.8 Å². The molecule has 7 heteroatoms. The van der Waals surface area contributed by atoms with Gasteiger partial charge in [-0.2, -0.15) is 0 Å². The van der Waals surface area contributed by atoms with Gasteiger partial charge in [-0.1, -0.05) is 6.07 Å². The minimum atomic E-state index is 0. The van der Waals surface area contributed by atoms with E-state index in [1.54, 1.807) is 0 Å². The lowest BCUT2D eigenvalue weighted by molar-refractivity contribution is -0.122. The maximum absolute atomic E-state index is 12.2. The van der Waals surface area contributed by atoms with Gasteiger partial charge in [0.2, 0.25) is 5.91 Å². The predicted octanol–water partition coefficient (Wildman–Crippen LogP) is 3.02. The van der Waals surface area contributed by atoms with Crippen molar-refractivity contribution >= 4 is 36.4 Å². The number of hydrogen-bond donors (Lipinski definition) is 2. The van der Waals surface area contributed by atoms with Crippen LogP contribution in [-0.2, 0) is 11.3 Å². The van der Waals surface area contributed by atoms with E-state index in [0.717, 1.165) is 29.7 Å². The first kappa shape index (κ1) is 20.0. The fraction of sp³-hybridized carbons (Fsp3) is 0.556. The molecule has 2 N–H and O–H groups in total. The second-order valence-electron chi connectivity index (χ2n) is 7.11. The normalized spacial score (nSPS) is 24.4. The standard InChI is InChI=1S/C18H24N4O.2ClH/c1-12-3-2-6-22-11-16(21-18(12)22)10-19-17(23)9-13-7-14-4-5-15(8-13)20-14;;/h2-3,6,11,13-15,20H,4-5,7-10H2,1H3,(H,19,23);2*1H. The molecule has 4 rings (SSSR count). The number of aromatic nitrogens is 2. The van der Waals surface area contributed by atoms with E-state index >= 15 is 0 Å². The first-order valence-electron chi connectivity index (χ1n) is 8.63. The largest absolute Gasteiger partial charge is 0.350 e. The predicted molar refractivity (Wildman–Crippen MR) is 104 cm³/mol. The smallest absolute Gasteiger partial charge is 0.220 e. The summed E-state index contributed by atoms with van der Waals surface area (Å²) in [5.41, 5.74) is 3.03. The number of fused-ring (bicyclic) bond motifs is 3. The molecular weight excluding hydrogens is 359 g/mol. The molecule has 0 aliphatic carbocycles. The SMILES string of the molecule is Cc1cccn2cc(CNC(=O)CC3CC4CCC(C3)N4)nc12.Cl.Cl. The molecule has 2 atom stereocenters. The highest BCUT2D eigenvalue weighted by atomic mass is 35.5. The molecule has 0 saturated carbocycles. The molecule has 2 unspecified atom stereocenters. The number of carbonyl (C=O) groups is 1. The van der Waals surface area contributed by atoms with Gasteiger partial charge in [0.15, 0.2) is 0 Å². The Bertz CT molecular complexity index is 721. The van der Waals surface area contributed by atoms with Crippen molar-refractivity contribution in [2.75, 3.05) is 0 Å². The van der Waals surface area contributed by atoms with Gasteiger partial charge in [-0.15, -0.1) is 24.8 Å². The fourth-order valence-electron chi connectivity index (χ4n) is 4.15. The van der Waals surface area contributed by atoms with Crippen molar-refractivity contribution in [1.82, 2.24) is 20.0 Å². The van der Waals surface area contributed by atoms with Gasteiger partial charge < -0.3 is 15.0 Å². The molecule has 2 aliphatic rings. The van der Waals surface area contributed by atoms with Crippen LogP contribution < -0.4 is 10.6 Å². The Hall–Kier alpha value is -1.30. The van der Waals surface area contributed by atoms with E-state index < -0.39 is 0 Å². The number of halogens is 2. The Morgan fingerprint density at radius 3 is 2.72 bits per heavy atom. The molecule has 0 aromatic carbocycles. The van der Waals surface area contributed by atoms with Crippen LogP contribution in [0.5, 0.6) is 0 Å². The third-order valence-corrected chi connectivity index (χ3v) is 5.24. The van der Waals surface area contributed by atoms with Crippen LogP contribution in [0.4, 0.5) is 0 Å². The number of piperidine rings is 1. The zero-order chi connectivity index (χ0) is 15.8. The third kappa shape index (κ3) is 4.46. The molecule has 138 valence electrons. The van der Waals surface area contributed by atoms with Crippen molar-refractivity contribution in [2.24, 2.45) is 5.92 Å². The number of aryl methyl sites for hydroxylation is 1. The molecule has 0 spiro atoms. The van der Waals surface area contributed by atoms with Crippen LogP contribution in [-0.4, -0.2) is 27.4 Å². The van der Waals surface area contributed by atoms with E-state index in [9.17, 15) is 4.79 Å². The molecule has 2 aromatic rings. The lowest BCUT2D eigenvalue weighted by Gasteiger charge is -2.28. The second kappa shape index (κ2) is 8.39. The lowest BCUT2D eigenvalue weighted by atomic mass is 9.89. The van der Waals surface area contributed by atoms with Crippen LogP contribution in [0.25, 0.3) is 5.65 Å². The van der Waals surface area contributed by atoms with Gasteiger partial charge in [0, 0.05) is 30.9 Å². The molecule has 2 fully saturated rings. The van der Waals surface area contributed by atoms with Crippen LogP contribution in [0.15, 0.2) is 24.5 Å². The van der Waals surface area contributed by atoms with Gasteiger partial charge in [0.05, 0.1) is 12.2 Å². The topological polar surface area (TPSA) is 58.4 Å². The van der Waals surface area contributed by atoms with Crippen LogP contribution in [0.3, 0.4) is 0 Å². The number of carbonyl (C=O) groups excluding carboxylic acids is 1. The first-order chi connectivity index (χ1) is 11.2. The number of pyridine rings is 1. The highest BCUT2D eigenvalue weighted by Crippen LogP contribution is 2.32. The summed E-state index contributed by atoms with van der Waals surface area (Å²) in [6.45, 7) is 2.56. The Balaban J connectivity index is 0.00000113. The van der Waals surface area contributed by atoms with Gasteiger partial charge in [-0.05, 0) is 50.2 Å². The van der Waals surface area contributed by atoms with Crippen molar-refractivity contribution < 1.29 is 4.79 Å². The Kier molecular flexibility index (Phi) is 6.72. The Morgan fingerprint density at radius 1 is 1.32 bits per heavy atom. The van der Waals surface area contributed by atoms with Gasteiger partial charge in [0.1, 0.15) is 5.65 Å². The molecule has 25 heavy (non-hydrogen) atoms. The van der Waals surface area contributed by atoms with Crippen molar-refractivity contribution in [3.8, 4) is 0 Å². The van der Waals surface area contributed by atoms with Crippen molar-refractivity contribution in [2.45, 2.75) is 57.7 Å². The van der Waals surface area contributed by atoms with Crippen LogP contribution in [0.1, 0.15) is 43.4 Å². The lowest BCUT2D eigenvalue weighted by Crippen LogP contribution is -2.39. The monoisotopic (exact) mass is 384 g/mol. The van der Waals surface area contributed by atoms with Gasteiger partial charge in [-0.25, -0.2) is 4.98 Å². The van der Waals surface area contributed by atoms with Crippen LogP contribution >= 0.6 is 24.8 Å². The minimum Gasteiger partial charge on any atom is -0.350 e. The number of imidazole rings is 1. The van der Waals surface area contributed by atoms with E-state index in [1.807, 2.05) is 22.9 Å². The number of nitrogens with zero attached hydrogens (tertiary/aromatic N) is 2. The maximum Gasteiger partial charge on any atom is 0.220 e. The number of rotatable bonds is 4. The molecule has 2 aliphatic heterocycles. The van der Waals surface area contributed by atoms with E-state index in [1.165, 1.54) is 12.8 Å². The van der Waals surface area contributed by atoms with Crippen LogP contribution in [0.2, 0.25) is 0 Å². The summed E-state index contributed by atoms with van der Waals surface area (Å²) < 4.78 is 2.02. The Labute approximate surface area is 160 Å². The highest BCUT2D eigenvalue weighted by molar-refractivity contribution is 5.85. The van der Waals surface area contributed by atoms with E-state index in [-0.39, 0.29) is 30.7 Å². The molecule has 4 heterocycles. The Morgan fingerprint density at radius 2 is 2.04 bits per heavy atom. The summed E-state index contributed by atoms with van der Waals surface area (Å²) in [6, 6.07) is 5.36. The quantitative estimate of drug-likeness (QED) is 0.851. The number of hydrogen-bond acceptors (Lipinski definition) is 3. The molecular formula is C18H26Cl2N4O. The summed E-state index contributed by atoms with van der Waals surface area (Å²) in [7, 11) is 0. The summed E-state index contributed by atoms with van der Waals surface area (Å²) in [5, 5.41) is 6.67. The zero-order valence-electron chi connectivity index (χ0n) is 14.4. The highest BCUT2D eigenvalue weighted by Gasteiger charge is 2.34. The molecule has 0 radical (unpaired) electrons. The van der Waals surface area contributed by atoms with Crippen LogP contribution in [0, 0.1) is 12.8 Å². The second-order valence-corrected chi connectivity index (χ2v) is 7.11. The molecule has 2 aromatic heterocycles. The first-order valence-corrected chi connectivity index (χ1v) is 8.63. The van der Waals surface area contributed by atoms with Gasteiger partial charge >= 0.3 is 0 Å². The van der Waals surface area contributed by atoms with Gasteiger partial charge in [0.25, 0.3) is 0 Å². The average Bonchev–Trinajstić information content (AvgIpc) is 3.09. The summed E-state index contributed by atoms with van der Waals surface area (Å²) in [5.74, 6) is 0.696. The molecule has 2 bridgehead atoms. The minimum absolute atomic E-state index is 0. The average molecular weight is 385 g/mol. The fourth-order valence-corrected chi connectivity index (χ4v) is 4.15. The summed E-state index contributed by atoms with van der Waals surface area (Å²) in [4.78, 5) is 16.8.